The number of halogens is 3. The Kier molecular flexibility index (Phi) is 8.60. The number of nitrogens with one attached hydrogen (secondary N) is 2. The molecular formula is C15H29F3N4. The van der Waals surface area contributed by atoms with E-state index in [2.05, 4.69) is 22.5 Å². The number of nitrogens with zero attached hydrogens (tertiary/aromatic N) is 2. The second-order valence-corrected chi connectivity index (χ2v) is 5.80. The van der Waals surface area contributed by atoms with Crippen molar-refractivity contribution in [2.24, 2.45) is 4.99 Å². The average Bonchev–Trinajstić information content (AvgIpc) is 2.83. The Balaban J connectivity index is 2.35. The summed E-state index contributed by atoms with van der Waals surface area (Å²) in [6, 6.07) is 0.0378. The minimum Gasteiger partial charge on any atom is -0.357 e. The van der Waals surface area contributed by atoms with E-state index >= 15 is 0 Å². The Morgan fingerprint density at radius 1 is 1.23 bits per heavy atom. The van der Waals surface area contributed by atoms with Gasteiger partial charge in [-0.15, -0.1) is 0 Å². The molecule has 0 aliphatic carbocycles. The maximum absolute atomic E-state index is 12.4. The molecule has 1 unspecified atom stereocenters. The van der Waals surface area contributed by atoms with Gasteiger partial charge in [0.2, 0.25) is 0 Å². The smallest absolute Gasteiger partial charge is 0.357 e. The predicted octanol–water partition coefficient (Wildman–Crippen LogP) is 2.76. The van der Waals surface area contributed by atoms with Gasteiger partial charge in [0.15, 0.2) is 5.96 Å². The lowest BCUT2D eigenvalue weighted by Gasteiger charge is -2.19. The molecule has 4 nitrogen and oxygen atoms in total. The van der Waals surface area contributed by atoms with E-state index in [0.29, 0.717) is 13.1 Å². The van der Waals surface area contributed by atoms with E-state index in [1.54, 1.807) is 0 Å². The van der Waals surface area contributed by atoms with Crippen LogP contribution >= 0.6 is 0 Å². The summed E-state index contributed by atoms with van der Waals surface area (Å²) in [5, 5.41) is 6.42. The monoisotopic (exact) mass is 322 g/mol. The summed E-state index contributed by atoms with van der Waals surface area (Å²) in [4.78, 5) is 5.95. The molecule has 1 atom stereocenters. The number of unbranched alkanes of at least 4 members (excludes halogenated alkanes) is 3. The standard InChI is InChI=1S/C15H29F3N4/c1-3-5-6-7-9-20-14(19-4-2)21-13-8-10-22(11-13)12-15(16,17)18/h13H,3-12H2,1-2H3,(H2,19,20,21). The molecule has 0 bridgehead atoms. The van der Waals surface area contributed by atoms with E-state index in [1.807, 2.05) is 6.92 Å². The molecule has 1 rings (SSSR count). The van der Waals surface area contributed by atoms with Crippen LogP contribution in [0.3, 0.4) is 0 Å². The van der Waals surface area contributed by atoms with E-state index < -0.39 is 12.7 Å². The molecular weight excluding hydrogens is 293 g/mol. The van der Waals surface area contributed by atoms with Gasteiger partial charge in [-0.1, -0.05) is 26.2 Å². The SMILES string of the molecule is CCCCCCN=C(NCC)NC1CCN(CC(F)(F)F)C1. The first kappa shape index (κ1) is 19.1. The van der Waals surface area contributed by atoms with Crippen LogP contribution in [0.1, 0.15) is 46.0 Å². The number of rotatable bonds is 8. The van der Waals surface area contributed by atoms with Crippen LogP contribution < -0.4 is 10.6 Å². The van der Waals surface area contributed by atoms with Crippen LogP contribution in [0.5, 0.6) is 0 Å². The lowest BCUT2D eigenvalue weighted by molar-refractivity contribution is -0.143. The summed E-state index contributed by atoms with van der Waals surface area (Å²) in [7, 11) is 0. The first-order valence-corrected chi connectivity index (χ1v) is 8.28. The summed E-state index contributed by atoms with van der Waals surface area (Å²) >= 11 is 0. The molecule has 7 heteroatoms. The van der Waals surface area contributed by atoms with Gasteiger partial charge >= 0.3 is 6.18 Å². The zero-order valence-electron chi connectivity index (χ0n) is 13.7. The zero-order valence-corrected chi connectivity index (χ0v) is 13.7. The van der Waals surface area contributed by atoms with Gasteiger partial charge in [0, 0.05) is 32.2 Å². The molecule has 0 radical (unpaired) electrons. The number of hydrogen-bond donors (Lipinski definition) is 2. The fourth-order valence-electron chi connectivity index (χ4n) is 2.59. The number of aliphatic imine (C=N–C) groups is 1. The third-order valence-corrected chi connectivity index (χ3v) is 3.64. The van der Waals surface area contributed by atoms with Crippen LogP contribution in [0, 0.1) is 0 Å². The molecule has 0 aromatic carbocycles. The molecule has 0 saturated carbocycles. The zero-order chi connectivity index (χ0) is 16.4. The second-order valence-electron chi connectivity index (χ2n) is 5.80. The highest BCUT2D eigenvalue weighted by Gasteiger charge is 2.34. The van der Waals surface area contributed by atoms with Crippen LogP contribution in [0.4, 0.5) is 13.2 Å². The van der Waals surface area contributed by atoms with Crippen LogP contribution in [0.2, 0.25) is 0 Å². The van der Waals surface area contributed by atoms with Crippen LogP contribution in [0.15, 0.2) is 4.99 Å². The number of guanidine groups is 1. The highest BCUT2D eigenvalue weighted by Crippen LogP contribution is 2.19. The van der Waals surface area contributed by atoms with Crippen LogP contribution in [0.25, 0.3) is 0 Å². The molecule has 1 fully saturated rings. The van der Waals surface area contributed by atoms with Crippen LogP contribution in [-0.4, -0.2) is 55.8 Å². The van der Waals surface area contributed by atoms with Gasteiger partial charge in [-0.3, -0.25) is 9.89 Å². The minimum atomic E-state index is -4.12. The Hall–Kier alpha value is -0.980. The van der Waals surface area contributed by atoms with Crippen molar-refractivity contribution in [3.63, 3.8) is 0 Å². The summed E-state index contributed by atoms with van der Waals surface area (Å²) in [5.41, 5.74) is 0. The second kappa shape index (κ2) is 9.92. The lowest BCUT2D eigenvalue weighted by Crippen LogP contribution is -2.45. The first-order chi connectivity index (χ1) is 10.4. The quantitative estimate of drug-likeness (QED) is 0.410. The number of likely N-dealkylation sites (tertiary alicyclic amines) is 1. The van der Waals surface area contributed by atoms with Crippen molar-refractivity contribution in [1.29, 1.82) is 0 Å². The average molecular weight is 322 g/mol. The van der Waals surface area contributed by atoms with Gasteiger partial charge in [0.25, 0.3) is 0 Å². The predicted molar refractivity (Wildman–Crippen MR) is 84.2 cm³/mol. The number of alkyl halides is 3. The largest absolute Gasteiger partial charge is 0.401 e. The summed E-state index contributed by atoms with van der Waals surface area (Å²) < 4.78 is 37.2. The third-order valence-electron chi connectivity index (χ3n) is 3.64. The number of hydrogen-bond acceptors (Lipinski definition) is 2. The summed E-state index contributed by atoms with van der Waals surface area (Å²) in [6.45, 7) is 5.73. The Labute approximate surface area is 131 Å². The van der Waals surface area contributed by atoms with Crippen molar-refractivity contribution in [3.05, 3.63) is 0 Å². The normalized spacial score (nSPS) is 20.4. The molecule has 0 amide bonds. The fraction of sp³-hybridized carbons (Fsp3) is 0.933. The van der Waals surface area contributed by atoms with Gasteiger partial charge in [0.1, 0.15) is 0 Å². The van der Waals surface area contributed by atoms with E-state index in [9.17, 15) is 13.2 Å². The maximum atomic E-state index is 12.4. The van der Waals surface area contributed by atoms with Gasteiger partial charge in [-0.05, 0) is 19.8 Å². The topological polar surface area (TPSA) is 39.7 Å². The molecule has 0 spiro atoms. The maximum Gasteiger partial charge on any atom is 0.401 e. The Bertz CT molecular complexity index is 331. The van der Waals surface area contributed by atoms with Crippen molar-refractivity contribution >= 4 is 5.96 Å². The molecule has 1 aliphatic rings. The molecule has 0 aromatic heterocycles. The van der Waals surface area contributed by atoms with Crippen molar-refractivity contribution in [2.75, 3.05) is 32.7 Å². The summed E-state index contributed by atoms with van der Waals surface area (Å²) in [6.07, 6.45) is 1.23. The highest BCUT2D eigenvalue weighted by molar-refractivity contribution is 5.80. The van der Waals surface area contributed by atoms with Crippen molar-refractivity contribution in [2.45, 2.75) is 58.2 Å². The fourth-order valence-corrected chi connectivity index (χ4v) is 2.59. The Morgan fingerprint density at radius 3 is 2.64 bits per heavy atom. The first-order valence-electron chi connectivity index (χ1n) is 8.28. The van der Waals surface area contributed by atoms with Gasteiger partial charge in [-0.25, -0.2) is 0 Å². The molecule has 130 valence electrons. The summed E-state index contributed by atoms with van der Waals surface area (Å²) in [5.74, 6) is 0.720. The van der Waals surface area contributed by atoms with E-state index in [0.717, 1.165) is 31.9 Å². The molecule has 1 aliphatic heterocycles. The van der Waals surface area contributed by atoms with Crippen molar-refractivity contribution < 1.29 is 13.2 Å². The van der Waals surface area contributed by atoms with Crippen LogP contribution in [-0.2, 0) is 0 Å². The highest BCUT2D eigenvalue weighted by atomic mass is 19.4. The molecule has 1 heterocycles. The molecule has 1 saturated heterocycles. The third kappa shape index (κ3) is 8.46. The molecule has 22 heavy (non-hydrogen) atoms. The van der Waals surface area contributed by atoms with E-state index in [4.69, 9.17) is 0 Å². The van der Waals surface area contributed by atoms with Crippen molar-refractivity contribution in [1.82, 2.24) is 15.5 Å². The van der Waals surface area contributed by atoms with E-state index in [-0.39, 0.29) is 6.04 Å². The van der Waals surface area contributed by atoms with Gasteiger partial charge in [0.05, 0.1) is 6.54 Å². The van der Waals surface area contributed by atoms with Gasteiger partial charge < -0.3 is 10.6 Å². The lowest BCUT2D eigenvalue weighted by atomic mass is 10.2. The Morgan fingerprint density at radius 2 is 2.00 bits per heavy atom. The minimum absolute atomic E-state index is 0.0378. The molecule has 0 aromatic rings. The van der Waals surface area contributed by atoms with Crippen molar-refractivity contribution in [3.8, 4) is 0 Å². The molecule has 2 N–H and O–H groups in total. The van der Waals surface area contributed by atoms with E-state index in [1.165, 1.54) is 24.2 Å². The van der Waals surface area contributed by atoms with Gasteiger partial charge in [-0.2, -0.15) is 13.2 Å².